The number of rotatable bonds is 3. The maximum absolute atomic E-state index is 13.4. The molecule has 1 unspecified atom stereocenters. The van der Waals surface area contributed by atoms with E-state index in [1.807, 2.05) is 0 Å². The molecular weight excluding hydrogens is 369 g/mol. The van der Waals surface area contributed by atoms with E-state index >= 15 is 0 Å². The van der Waals surface area contributed by atoms with Crippen LogP contribution in [-0.2, 0) is 6.18 Å². The van der Waals surface area contributed by atoms with Gasteiger partial charge in [0.1, 0.15) is 12.0 Å². The number of pyridine rings is 1. The van der Waals surface area contributed by atoms with E-state index in [4.69, 9.17) is 0 Å². The summed E-state index contributed by atoms with van der Waals surface area (Å²) in [4.78, 5) is 16.7. The molecular formula is C20H15F3N4O. The molecule has 1 aliphatic heterocycles. The second kappa shape index (κ2) is 6.88. The number of amides is 1. The zero-order chi connectivity index (χ0) is 19.7. The molecule has 0 saturated carbocycles. The van der Waals surface area contributed by atoms with Gasteiger partial charge in [-0.1, -0.05) is 30.3 Å². The molecule has 0 aliphatic carbocycles. The minimum absolute atomic E-state index is 0.0577. The van der Waals surface area contributed by atoms with Gasteiger partial charge in [-0.05, 0) is 30.3 Å². The van der Waals surface area contributed by atoms with Gasteiger partial charge >= 0.3 is 6.18 Å². The second-order valence-corrected chi connectivity index (χ2v) is 6.20. The van der Waals surface area contributed by atoms with Crippen molar-refractivity contribution < 1.29 is 18.0 Å². The summed E-state index contributed by atoms with van der Waals surface area (Å²) in [5.41, 5.74) is 0.630. The highest BCUT2D eigenvalue weighted by Crippen LogP contribution is 2.41. The van der Waals surface area contributed by atoms with Gasteiger partial charge in [0.2, 0.25) is 0 Å². The van der Waals surface area contributed by atoms with E-state index in [-0.39, 0.29) is 5.56 Å². The van der Waals surface area contributed by atoms with Crippen molar-refractivity contribution in [1.82, 2.24) is 4.98 Å². The molecule has 142 valence electrons. The third kappa shape index (κ3) is 3.36. The van der Waals surface area contributed by atoms with Crippen molar-refractivity contribution in [3.05, 3.63) is 83.6 Å². The number of nitrogens with one attached hydrogen (secondary N) is 3. The number of alkyl halides is 3. The molecule has 2 heterocycles. The van der Waals surface area contributed by atoms with Gasteiger partial charge < -0.3 is 16.0 Å². The largest absolute Gasteiger partial charge is 0.416 e. The van der Waals surface area contributed by atoms with E-state index < -0.39 is 23.8 Å². The predicted octanol–water partition coefficient (Wildman–Crippen LogP) is 4.89. The number of para-hydroxylation sites is 1. The van der Waals surface area contributed by atoms with Crippen LogP contribution in [0.25, 0.3) is 0 Å². The van der Waals surface area contributed by atoms with Crippen LogP contribution in [0, 0.1) is 0 Å². The van der Waals surface area contributed by atoms with Crippen molar-refractivity contribution in [2.45, 2.75) is 12.3 Å². The SMILES string of the molecule is O=C(Nc1ccccn1)c1cccc2c1NC(c1ccccc1C(F)(F)F)N2. The molecule has 5 nitrogen and oxygen atoms in total. The molecule has 0 saturated heterocycles. The van der Waals surface area contributed by atoms with Crippen LogP contribution in [0.5, 0.6) is 0 Å². The fourth-order valence-corrected chi connectivity index (χ4v) is 3.14. The summed E-state index contributed by atoms with van der Waals surface area (Å²) in [6, 6.07) is 15.4. The molecule has 1 aliphatic rings. The van der Waals surface area contributed by atoms with Crippen molar-refractivity contribution in [3.63, 3.8) is 0 Å². The van der Waals surface area contributed by atoms with Crippen LogP contribution < -0.4 is 16.0 Å². The Kier molecular flexibility index (Phi) is 4.38. The van der Waals surface area contributed by atoms with Gasteiger partial charge in [0.05, 0.1) is 22.5 Å². The van der Waals surface area contributed by atoms with E-state index in [9.17, 15) is 18.0 Å². The summed E-state index contributed by atoms with van der Waals surface area (Å²) in [6.07, 6.45) is -3.74. The molecule has 4 rings (SSSR count). The first-order chi connectivity index (χ1) is 13.4. The maximum atomic E-state index is 13.4. The van der Waals surface area contributed by atoms with Gasteiger partial charge in [-0.25, -0.2) is 4.98 Å². The van der Waals surface area contributed by atoms with E-state index in [1.54, 1.807) is 48.7 Å². The number of aromatic nitrogens is 1. The van der Waals surface area contributed by atoms with Crippen molar-refractivity contribution in [3.8, 4) is 0 Å². The smallest absolute Gasteiger partial charge is 0.360 e. The summed E-state index contributed by atoms with van der Waals surface area (Å²) in [7, 11) is 0. The van der Waals surface area contributed by atoms with Crippen LogP contribution in [0.4, 0.5) is 30.4 Å². The molecule has 28 heavy (non-hydrogen) atoms. The number of hydrogen-bond donors (Lipinski definition) is 3. The Morgan fingerprint density at radius 1 is 0.964 bits per heavy atom. The fourth-order valence-electron chi connectivity index (χ4n) is 3.14. The number of anilines is 3. The summed E-state index contributed by atoms with van der Waals surface area (Å²) in [5.74, 6) is -0.0235. The highest BCUT2D eigenvalue weighted by molar-refractivity contribution is 6.10. The molecule has 3 aromatic rings. The minimum atomic E-state index is -4.48. The van der Waals surface area contributed by atoms with E-state index in [0.29, 0.717) is 22.8 Å². The van der Waals surface area contributed by atoms with Gasteiger partial charge in [-0.3, -0.25) is 4.79 Å². The lowest BCUT2D eigenvalue weighted by Gasteiger charge is -2.19. The first-order valence-corrected chi connectivity index (χ1v) is 8.48. The lowest BCUT2D eigenvalue weighted by Crippen LogP contribution is -2.19. The Balaban J connectivity index is 1.63. The van der Waals surface area contributed by atoms with Crippen LogP contribution in [0.15, 0.2) is 66.9 Å². The molecule has 0 spiro atoms. The summed E-state index contributed by atoms with van der Waals surface area (Å²) in [6.45, 7) is 0. The summed E-state index contributed by atoms with van der Waals surface area (Å²) in [5, 5.41) is 8.70. The molecule has 1 amide bonds. The van der Waals surface area contributed by atoms with Gasteiger partial charge in [0.25, 0.3) is 5.91 Å². The van der Waals surface area contributed by atoms with E-state index in [2.05, 4.69) is 20.9 Å². The van der Waals surface area contributed by atoms with Gasteiger partial charge in [-0.15, -0.1) is 0 Å². The average molecular weight is 384 g/mol. The van der Waals surface area contributed by atoms with Gasteiger partial charge in [0.15, 0.2) is 0 Å². The molecule has 8 heteroatoms. The topological polar surface area (TPSA) is 66.0 Å². The Labute approximate surface area is 158 Å². The summed E-state index contributed by atoms with van der Waals surface area (Å²) >= 11 is 0. The molecule has 1 atom stereocenters. The van der Waals surface area contributed by atoms with Gasteiger partial charge in [0, 0.05) is 11.8 Å². The number of benzene rings is 2. The zero-order valence-corrected chi connectivity index (χ0v) is 14.4. The normalized spacial score (nSPS) is 15.3. The van der Waals surface area contributed by atoms with E-state index in [0.717, 1.165) is 6.07 Å². The Bertz CT molecular complexity index is 1020. The molecule has 3 N–H and O–H groups in total. The van der Waals surface area contributed by atoms with Gasteiger partial charge in [-0.2, -0.15) is 13.2 Å². The first-order valence-electron chi connectivity index (χ1n) is 8.48. The standard InChI is InChI=1S/C20H15F3N4O/c21-20(22,23)14-8-2-1-6-12(14)18-25-15-9-5-7-13(17(15)27-18)19(28)26-16-10-3-4-11-24-16/h1-11,18,25,27H,(H,24,26,28). The number of fused-ring (bicyclic) bond motifs is 1. The van der Waals surface area contributed by atoms with Crippen LogP contribution in [0.3, 0.4) is 0 Å². The Morgan fingerprint density at radius 3 is 2.50 bits per heavy atom. The zero-order valence-electron chi connectivity index (χ0n) is 14.4. The monoisotopic (exact) mass is 384 g/mol. The highest BCUT2D eigenvalue weighted by atomic mass is 19.4. The number of halogens is 3. The molecule has 0 fully saturated rings. The third-order valence-electron chi connectivity index (χ3n) is 4.38. The van der Waals surface area contributed by atoms with Crippen molar-refractivity contribution in [2.24, 2.45) is 0 Å². The molecule has 0 radical (unpaired) electrons. The lowest BCUT2D eigenvalue weighted by atomic mass is 10.0. The van der Waals surface area contributed by atoms with Crippen molar-refractivity contribution in [2.75, 3.05) is 16.0 Å². The van der Waals surface area contributed by atoms with E-state index in [1.165, 1.54) is 12.1 Å². The number of hydrogen-bond acceptors (Lipinski definition) is 4. The first kappa shape index (κ1) is 17.8. The van der Waals surface area contributed by atoms with Crippen LogP contribution in [-0.4, -0.2) is 10.9 Å². The highest BCUT2D eigenvalue weighted by Gasteiger charge is 2.37. The van der Waals surface area contributed by atoms with Crippen LogP contribution in [0.1, 0.15) is 27.7 Å². The fraction of sp³-hybridized carbons (Fsp3) is 0.100. The van der Waals surface area contributed by atoms with Crippen molar-refractivity contribution >= 4 is 23.1 Å². The van der Waals surface area contributed by atoms with Crippen LogP contribution in [0.2, 0.25) is 0 Å². The lowest BCUT2D eigenvalue weighted by molar-refractivity contribution is -0.138. The Morgan fingerprint density at radius 2 is 1.75 bits per heavy atom. The third-order valence-corrected chi connectivity index (χ3v) is 4.38. The molecule has 2 aromatic carbocycles. The van der Waals surface area contributed by atoms with Crippen LogP contribution >= 0.6 is 0 Å². The number of carbonyl (C=O) groups is 1. The summed E-state index contributed by atoms with van der Waals surface area (Å²) < 4.78 is 40.1. The second-order valence-electron chi connectivity index (χ2n) is 6.20. The Hall–Kier alpha value is -3.55. The quantitative estimate of drug-likeness (QED) is 0.602. The average Bonchev–Trinajstić information content (AvgIpc) is 3.12. The minimum Gasteiger partial charge on any atom is -0.360 e. The molecule has 0 bridgehead atoms. The number of carbonyl (C=O) groups excluding carboxylic acids is 1. The van der Waals surface area contributed by atoms with Crippen molar-refractivity contribution in [1.29, 1.82) is 0 Å². The molecule has 1 aromatic heterocycles. The predicted molar refractivity (Wildman–Crippen MR) is 100 cm³/mol. The number of nitrogens with zero attached hydrogens (tertiary/aromatic N) is 1. The maximum Gasteiger partial charge on any atom is 0.416 e.